The number of hydrogen-bond donors (Lipinski definition) is 1. The Balaban J connectivity index is 2.30. The Morgan fingerprint density at radius 3 is 2.88 bits per heavy atom. The molecule has 1 aromatic carbocycles. The zero-order valence-electron chi connectivity index (χ0n) is 9.56. The summed E-state index contributed by atoms with van der Waals surface area (Å²) in [5, 5.41) is 2.78. The summed E-state index contributed by atoms with van der Waals surface area (Å²) in [6.45, 7) is 0. The molecule has 16 heavy (non-hydrogen) atoms. The maximum atomic E-state index is 11.4. The predicted octanol–water partition coefficient (Wildman–Crippen LogP) is 1.67. The van der Waals surface area contributed by atoms with Crippen LogP contribution in [0.4, 0.5) is 10.5 Å². The highest BCUT2D eigenvalue weighted by Crippen LogP contribution is 2.17. The van der Waals surface area contributed by atoms with Gasteiger partial charge in [-0.25, -0.2) is 9.78 Å². The number of nitrogens with zero attached hydrogens (tertiary/aromatic N) is 3. The molecule has 5 nitrogen and oxygen atoms in total. The molecule has 2 amide bonds. The Kier molecular flexibility index (Phi) is 2.52. The highest BCUT2D eigenvalue weighted by atomic mass is 16.2. The van der Waals surface area contributed by atoms with Crippen molar-refractivity contribution >= 4 is 22.8 Å². The number of benzene rings is 1. The molecule has 0 bridgehead atoms. The van der Waals surface area contributed by atoms with Crippen LogP contribution in [0.15, 0.2) is 24.5 Å². The second-order valence-corrected chi connectivity index (χ2v) is 3.88. The van der Waals surface area contributed by atoms with Crippen LogP contribution in [-0.4, -0.2) is 34.6 Å². The lowest BCUT2D eigenvalue weighted by molar-refractivity contribution is 0.230. The molecular weight excluding hydrogens is 204 g/mol. The number of carbonyl (C=O) groups excluding carboxylic acids is 1. The number of imidazole rings is 1. The van der Waals surface area contributed by atoms with Gasteiger partial charge in [0, 0.05) is 26.8 Å². The van der Waals surface area contributed by atoms with Crippen LogP contribution in [-0.2, 0) is 7.05 Å². The molecule has 1 aromatic heterocycles. The quantitative estimate of drug-likeness (QED) is 0.791. The van der Waals surface area contributed by atoms with Crippen molar-refractivity contribution in [3.05, 3.63) is 24.5 Å². The molecular formula is C11H14N4O. The van der Waals surface area contributed by atoms with Gasteiger partial charge >= 0.3 is 6.03 Å². The molecule has 0 aliphatic rings. The molecule has 0 unspecified atom stereocenters. The molecule has 2 rings (SSSR count). The molecule has 2 aromatic rings. The number of aromatic nitrogens is 2. The lowest BCUT2D eigenvalue weighted by Crippen LogP contribution is -2.27. The van der Waals surface area contributed by atoms with Crippen LogP contribution in [0.1, 0.15) is 0 Å². The number of fused-ring (bicyclic) bond motifs is 1. The van der Waals surface area contributed by atoms with Gasteiger partial charge in [0.2, 0.25) is 0 Å². The summed E-state index contributed by atoms with van der Waals surface area (Å²) in [4.78, 5) is 17.2. The number of rotatable bonds is 1. The van der Waals surface area contributed by atoms with E-state index in [0.717, 1.165) is 16.7 Å². The zero-order valence-corrected chi connectivity index (χ0v) is 9.56. The van der Waals surface area contributed by atoms with E-state index in [1.807, 2.05) is 29.8 Å². The van der Waals surface area contributed by atoms with Crippen LogP contribution in [0.3, 0.4) is 0 Å². The molecule has 0 atom stereocenters. The third kappa shape index (κ3) is 1.84. The van der Waals surface area contributed by atoms with Crippen LogP contribution in [0.2, 0.25) is 0 Å². The average Bonchev–Trinajstić information content (AvgIpc) is 2.60. The highest BCUT2D eigenvalue weighted by Gasteiger charge is 2.05. The van der Waals surface area contributed by atoms with E-state index in [9.17, 15) is 4.79 Å². The summed E-state index contributed by atoms with van der Waals surface area (Å²) in [6, 6.07) is 5.52. The van der Waals surface area contributed by atoms with Gasteiger partial charge in [-0.2, -0.15) is 0 Å². The number of amides is 2. The molecule has 0 saturated heterocycles. The maximum Gasteiger partial charge on any atom is 0.321 e. The fourth-order valence-electron chi connectivity index (χ4n) is 1.45. The molecule has 0 fully saturated rings. The van der Waals surface area contributed by atoms with Gasteiger partial charge in [-0.3, -0.25) is 0 Å². The van der Waals surface area contributed by atoms with Crippen molar-refractivity contribution in [1.29, 1.82) is 0 Å². The van der Waals surface area contributed by atoms with Crippen molar-refractivity contribution in [2.24, 2.45) is 7.05 Å². The Bertz CT molecular complexity index is 530. The first-order valence-corrected chi connectivity index (χ1v) is 4.97. The first-order valence-electron chi connectivity index (χ1n) is 4.97. The molecule has 0 spiro atoms. The van der Waals surface area contributed by atoms with E-state index in [1.54, 1.807) is 20.4 Å². The molecule has 5 heteroatoms. The van der Waals surface area contributed by atoms with Gasteiger partial charge in [-0.05, 0) is 18.2 Å². The van der Waals surface area contributed by atoms with E-state index in [2.05, 4.69) is 10.3 Å². The molecule has 1 heterocycles. The van der Waals surface area contributed by atoms with E-state index in [4.69, 9.17) is 0 Å². The first-order chi connectivity index (χ1) is 7.58. The van der Waals surface area contributed by atoms with Gasteiger partial charge in [-0.15, -0.1) is 0 Å². The van der Waals surface area contributed by atoms with Crippen molar-refractivity contribution < 1.29 is 4.79 Å². The zero-order chi connectivity index (χ0) is 11.7. The van der Waals surface area contributed by atoms with Crippen molar-refractivity contribution in [1.82, 2.24) is 14.5 Å². The summed E-state index contributed by atoms with van der Waals surface area (Å²) >= 11 is 0. The molecule has 0 aliphatic carbocycles. The first kappa shape index (κ1) is 10.5. The summed E-state index contributed by atoms with van der Waals surface area (Å²) in [5.41, 5.74) is 2.67. The van der Waals surface area contributed by atoms with E-state index >= 15 is 0 Å². The summed E-state index contributed by atoms with van der Waals surface area (Å²) in [7, 11) is 5.34. The summed E-state index contributed by atoms with van der Waals surface area (Å²) < 4.78 is 1.94. The second kappa shape index (κ2) is 3.84. The number of anilines is 1. The van der Waals surface area contributed by atoms with E-state index in [-0.39, 0.29) is 6.03 Å². The Labute approximate surface area is 93.7 Å². The van der Waals surface area contributed by atoms with E-state index in [1.165, 1.54) is 4.90 Å². The molecule has 0 radical (unpaired) electrons. The van der Waals surface area contributed by atoms with Gasteiger partial charge in [0.15, 0.2) is 0 Å². The van der Waals surface area contributed by atoms with Gasteiger partial charge in [0.1, 0.15) is 0 Å². The monoisotopic (exact) mass is 218 g/mol. The van der Waals surface area contributed by atoms with Crippen LogP contribution < -0.4 is 5.32 Å². The summed E-state index contributed by atoms with van der Waals surface area (Å²) in [6.07, 6.45) is 1.75. The van der Waals surface area contributed by atoms with Gasteiger partial charge in [0.05, 0.1) is 17.4 Å². The Morgan fingerprint density at radius 1 is 1.44 bits per heavy atom. The number of aryl methyl sites for hydroxylation is 1. The third-order valence-corrected chi connectivity index (χ3v) is 2.38. The van der Waals surface area contributed by atoms with Crippen LogP contribution in [0, 0.1) is 0 Å². The third-order valence-electron chi connectivity index (χ3n) is 2.38. The highest BCUT2D eigenvalue weighted by molar-refractivity contribution is 5.91. The Morgan fingerprint density at radius 2 is 2.19 bits per heavy atom. The molecule has 84 valence electrons. The lowest BCUT2D eigenvalue weighted by atomic mass is 10.3. The van der Waals surface area contributed by atoms with Crippen molar-refractivity contribution in [2.45, 2.75) is 0 Å². The second-order valence-electron chi connectivity index (χ2n) is 3.88. The van der Waals surface area contributed by atoms with Crippen LogP contribution in [0.5, 0.6) is 0 Å². The fraction of sp³-hybridized carbons (Fsp3) is 0.273. The standard InChI is InChI=1S/C11H14N4O/c1-14(2)11(16)13-8-4-5-10-9(6-8)12-7-15(10)3/h4-7H,1-3H3,(H,13,16). The minimum absolute atomic E-state index is 0.143. The maximum absolute atomic E-state index is 11.4. The van der Waals surface area contributed by atoms with Crippen molar-refractivity contribution in [3.8, 4) is 0 Å². The Hall–Kier alpha value is -2.04. The fourth-order valence-corrected chi connectivity index (χ4v) is 1.45. The minimum Gasteiger partial charge on any atom is -0.334 e. The van der Waals surface area contributed by atoms with Crippen molar-refractivity contribution in [3.63, 3.8) is 0 Å². The molecule has 0 saturated carbocycles. The number of urea groups is 1. The summed E-state index contributed by atoms with van der Waals surface area (Å²) in [5.74, 6) is 0. The molecule has 0 aliphatic heterocycles. The SMILES string of the molecule is CN(C)C(=O)Nc1ccc2c(c1)ncn2C. The predicted molar refractivity (Wildman–Crippen MR) is 63.4 cm³/mol. The van der Waals surface area contributed by atoms with Crippen molar-refractivity contribution in [2.75, 3.05) is 19.4 Å². The number of hydrogen-bond acceptors (Lipinski definition) is 2. The van der Waals surface area contributed by atoms with Crippen LogP contribution >= 0.6 is 0 Å². The van der Waals surface area contributed by atoms with E-state index < -0.39 is 0 Å². The van der Waals surface area contributed by atoms with Gasteiger partial charge < -0.3 is 14.8 Å². The number of nitrogens with one attached hydrogen (secondary N) is 1. The van der Waals surface area contributed by atoms with Gasteiger partial charge in [0.25, 0.3) is 0 Å². The smallest absolute Gasteiger partial charge is 0.321 e. The average molecular weight is 218 g/mol. The molecule has 1 N–H and O–H groups in total. The minimum atomic E-state index is -0.143. The van der Waals surface area contributed by atoms with Crippen LogP contribution in [0.25, 0.3) is 11.0 Å². The normalized spacial score (nSPS) is 10.4. The number of carbonyl (C=O) groups is 1. The lowest BCUT2D eigenvalue weighted by Gasteiger charge is -2.11. The van der Waals surface area contributed by atoms with E-state index in [0.29, 0.717) is 0 Å². The topological polar surface area (TPSA) is 50.2 Å². The van der Waals surface area contributed by atoms with Gasteiger partial charge in [-0.1, -0.05) is 0 Å². The largest absolute Gasteiger partial charge is 0.334 e.